The van der Waals surface area contributed by atoms with Gasteiger partial charge in [-0.2, -0.15) is 0 Å². The van der Waals surface area contributed by atoms with Crippen molar-refractivity contribution >= 4 is 6.09 Å². The Balaban J connectivity index is 4.09. The van der Waals surface area contributed by atoms with Crippen molar-refractivity contribution in [1.29, 1.82) is 0 Å². The van der Waals surface area contributed by atoms with E-state index < -0.39 is 5.60 Å². The first kappa shape index (κ1) is 21.2. The summed E-state index contributed by atoms with van der Waals surface area (Å²) < 4.78 is 5.27. The van der Waals surface area contributed by atoms with Crippen molar-refractivity contribution in [2.45, 2.75) is 84.9 Å². The van der Waals surface area contributed by atoms with Crippen LogP contribution < -0.4 is 16.0 Å². The first-order valence-corrected chi connectivity index (χ1v) is 8.49. The maximum atomic E-state index is 11.7. The molecule has 3 N–H and O–H groups in total. The summed E-state index contributed by atoms with van der Waals surface area (Å²) in [6.07, 6.45) is 3.02. The molecule has 0 saturated heterocycles. The largest absolute Gasteiger partial charge is 0.444 e. The number of carbonyl (C=O) groups excluding carboxylic acids is 1. The molecule has 0 aliphatic heterocycles. The first-order chi connectivity index (χ1) is 10.0. The fourth-order valence-electron chi connectivity index (χ4n) is 1.96. The van der Waals surface area contributed by atoms with E-state index in [-0.39, 0.29) is 17.7 Å². The third-order valence-electron chi connectivity index (χ3n) is 3.01. The molecule has 0 aromatic carbocycles. The predicted molar refractivity (Wildman–Crippen MR) is 93.3 cm³/mol. The molecule has 0 radical (unpaired) electrons. The Bertz CT molecular complexity index is 306. The van der Waals surface area contributed by atoms with Gasteiger partial charge in [0.15, 0.2) is 0 Å². The molecule has 0 fully saturated rings. The lowest BCUT2D eigenvalue weighted by atomic mass is 10.1. The molecule has 1 amide bonds. The Morgan fingerprint density at radius 3 is 2.23 bits per heavy atom. The van der Waals surface area contributed by atoms with E-state index in [0.717, 1.165) is 32.4 Å². The van der Waals surface area contributed by atoms with Crippen LogP contribution >= 0.6 is 0 Å². The Labute approximate surface area is 137 Å². The highest BCUT2D eigenvalue weighted by atomic mass is 16.6. The minimum absolute atomic E-state index is 0.134. The van der Waals surface area contributed by atoms with Gasteiger partial charge in [0, 0.05) is 31.2 Å². The standard InChI is InChI=1S/C17H37N3O2/c1-8-9-10-14(18-11-12-20-16(2,3)4)13-19-15(21)22-17(5,6)7/h14,18,20H,8-13H2,1-7H3,(H,19,21). The fraction of sp³-hybridized carbons (Fsp3) is 0.941. The summed E-state index contributed by atoms with van der Waals surface area (Å²) >= 11 is 0. The van der Waals surface area contributed by atoms with E-state index in [2.05, 4.69) is 43.6 Å². The van der Waals surface area contributed by atoms with Gasteiger partial charge in [-0.25, -0.2) is 4.79 Å². The van der Waals surface area contributed by atoms with Crippen LogP contribution in [0.25, 0.3) is 0 Å². The number of hydrogen-bond acceptors (Lipinski definition) is 4. The van der Waals surface area contributed by atoms with E-state index in [1.807, 2.05) is 20.8 Å². The van der Waals surface area contributed by atoms with Crippen LogP contribution in [0.1, 0.15) is 67.7 Å². The maximum absolute atomic E-state index is 11.7. The van der Waals surface area contributed by atoms with Crippen LogP contribution in [0.4, 0.5) is 4.79 Å². The molecule has 132 valence electrons. The van der Waals surface area contributed by atoms with Gasteiger partial charge in [0.1, 0.15) is 5.60 Å². The van der Waals surface area contributed by atoms with Crippen LogP contribution in [0.2, 0.25) is 0 Å². The number of carbonyl (C=O) groups is 1. The lowest BCUT2D eigenvalue weighted by molar-refractivity contribution is 0.0521. The van der Waals surface area contributed by atoms with Gasteiger partial charge in [-0.1, -0.05) is 19.8 Å². The van der Waals surface area contributed by atoms with Gasteiger partial charge in [-0.15, -0.1) is 0 Å². The molecule has 0 spiro atoms. The summed E-state index contributed by atoms with van der Waals surface area (Å²) in [7, 11) is 0. The van der Waals surface area contributed by atoms with E-state index in [4.69, 9.17) is 4.74 Å². The molecule has 22 heavy (non-hydrogen) atoms. The maximum Gasteiger partial charge on any atom is 0.407 e. The lowest BCUT2D eigenvalue weighted by Gasteiger charge is -2.24. The zero-order valence-electron chi connectivity index (χ0n) is 15.6. The summed E-state index contributed by atoms with van der Waals surface area (Å²) in [5.74, 6) is 0. The van der Waals surface area contributed by atoms with E-state index in [0.29, 0.717) is 6.54 Å². The van der Waals surface area contributed by atoms with E-state index in [1.54, 1.807) is 0 Å². The molecule has 0 rings (SSSR count). The molecule has 0 heterocycles. The third-order valence-corrected chi connectivity index (χ3v) is 3.01. The van der Waals surface area contributed by atoms with Crippen LogP contribution in [0.15, 0.2) is 0 Å². The van der Waals surface area contributed by atoms with Gasteiger partial charge >= 0.3 is 6.09 Å². The minimum Gasteiger partial charge on any atom is -0.444 e. The van der Waals surface area contributed by atoms with Gasteiger partial charge in [-0.3, -0.25) is 0 Å². The lowest BCUT2D eigenvalue weighted by Crippen LogP contribution is -2.46. The number of alkyl carbamates (subject to hydrolysis) is 1. The zero-order chi connectivity index (χ0) is 17.2. The van der Waals surface area contributed by atoms with Gasteiger partial charge in [0.05, 0.1) is 0 Å². The van der Waals surface area contributed by atoms with Gasteiger partial charge in [0.25, 0.3) is 0 Å². The van der Waals surface area contributed by atoms with Crippen molar-refractivity contribution in [2.24, 2.45) is 0 Å². The molecule has 1 unspecified atom stereocenters. The van der Waals surface area contributed by atoms with Crippen molar-refractivity contribution in [3.8, 4) is 0 Å². The van der Waals surface area contributed by atoms with E-state index in [9.17, 15) is 4.79 Å². The van der Waals surface area contributed by atoms with Crippen LogP contribution in [0.3, 0.4) is 0 Å². The molecule has 5 heteroatoms. The molecular formula is C17H37N3O2. The Morgan fingerprint density at radius 2 is 1.73 bits per heavy atom. The normalized spacial score (nSPS) is 13.8. The van der Waals surface area contributed by atoms with Crippen LogP contribution in [-0.2, 0) is 4.74 Å². The summed E-state index contributed by atoms with van der Waals surface area (Å²) in [5, 5.41) is 9.83. The first-order valence-electron chi connectivity index (χ1n) is 8.49. The van der Waals surface area contributed by atoms with Crippen molar-refractivity contribution in [3.05, 3.63) is 0 Å². The number of hydrogen-bond donors (Lipinski definition) is 3. The second kappa shape index (κ2) is 10.1. The average molecular weight is 316 g/mol. The van der Waals surface area contributed by atoms with E-state index in [1.165, 1.54) is 0 Å². The molecule has 1 atom stereocenters. The molecule has 0 aliphatic rings. The Morgan fingerprint density at radius 1 is 1.09 bits per heavy atom. The number of amides is 1. The monoisotopic (exact) mass is 315 g/mol. The highest BCUT2D eigenvalue weighted by Gasteiger charge is 2.17. The van der Waals surface area contributed by atoms with Crippen molar-refractivity contribution in [3.63, 3.8) is 0 Å². The van der Waals surface area contributed by atoms with Crippen LogP contribution in [0.5, 0.6) is 0 Å². The highest BCUT2D eigenvalue weighted by molar-refractivity contribution is 5.67. The molecule has 0 aliphatic carbocycles. The second-order valence-electron chi connectivity index (χ2n) is 7.85. The fourth-order valence-corrected chi connectivity index (χ4v) is 1.96. The summed E-state index contributed by atoms with van der Waals surface area (Å²) in [4.78, 5) is 11.7. The Hall–Kier alpha value is -0.810. The Kier molecular flexibility index (Phi) is 9.69. The number of rotatable bonds is 9. The summed E-state index contributed by atoms with van der Waals surface area (Å²) in [5.41, 5.74) is -0.317. The molecule has 5 nitrogen and oxygen atoms in total. The predicted octanol–water partition coefficient (Wildman–Crippen LogP) is 3.05. The van der Waals surface area contributed by atoms with Gasteiger partial charge < -0.3 is 20.7 Å². The summed E-state index contributed by atoms with van der Waals surface area (Å²) in [6, 6.07) is 0.286. The molecule has 0 bridgehead atoms. The smallest absolute Gasteiger partial charge is 0.407 e. The van der Waals surface area contributed by atoms with Crippen molar-refractivity contribution in [2.75, 3.05) is 19.6 Å². The molecular weight excluding hydrogens is 278 g/mol. The quantitative estimate of drug-likeness (QED) is 0.572. The highest BCUT2D eigenvalue weighted by Crippen LogP contribution is 2.07. The molecule has 0 aromatic rings. The van der Waals surface area contributed by atoms with Crippen LogP contribution in [-0.4, -0.2) is 42.9 Å². The van der Waals surface area contributed by atoms with Crippen molar-refractivity contribution in [1.82, 2.24) is 16.0 Å². The third kappa shape index (κ3) is 14.1. The van der Waals surface area contributed by atoms with Gasteiger partial charge in [0.2, 0.25) is 0 Å². The van der Waals surface area contributed by atoms with Gasteiger partial charge in [-0.05, 0) is 48.0 Å². The van der Waals surface area contributed by atoms with Crippen molar-refractivity contribution < 1.29 is 9.53 Å². The zero-order valence-corrected chi connectivity index (χ0v) is 15.6. The molecule has 0 saturated carbocycles. The topological polar surface area (TPSA) is 62.4 Å². The average Bonchev–Trinajstić information content (AvgIpc) is 2.33. The second-order valence-corrected chi connectivity index (χ2v) is 7.85. The van der Waals surface area contributed by atoms with E-state index >= 15 is 0 Å². The number of ether oxygens (including phenoxy) is 1. The number of unbranched alkanes of at least 4 members (excludes halogenated alkanes) is 1. The van der Waals surface area contributed by atoms with Crippen LogP contribution in [0, 0.1) is 0 Å². The SMILES string of the molecule is CCCCC(CNC(=O)OC(C)(C)C)NCCNC(C)(C)C. The summed E-state index contributed by atoms with van der Waals surface area (Å²) in [6.45, 7) is 16.7. The molecule has 0 aromatic heterocycles. The number of nitrogens with one attached hydrogen (secondary N) is 3. The minimum atomic E-state index is -0.451.